The van der Waals surface area contributed by atoms with Crippen LogP contribution in [-0.4, -0.2) is 43.3 Å². The van der Waals surface area contributed by atoms with Gasteiger partial charge in [-0.15, -0.1) is 0 Å². The molecule has 1 heterocycles. The van der Waals surface area contributed by atoms with Gasteiger partial charge in [-0.05, 0) is 26.0 Å². The van der Waals surface area contributed by atoms with Crippen molar-refractivity contribution >= 4 is 5.69 Å². The predicted molar refractivity (Wildman–Crippen MR) is 72.8 cm³/mol. The second-order valence-electron chi connectivity index (χ2n) is 4.91. The summed E-state index contributed by atoms with van der Waals surface area (Å²) in [6.07, 6.45) is 0.313. The highest BCUT2D eigenvalue weighted by Crippen LogP contribution is 2.15. The van der Waals surface area contributed by atoms with E-state index in [1.807, 2.05) is 24.3 Å². The SMILES string of the molecule is CC1CN(CCOc2cccc(N)c2)C(C)CO1. The van der Waals surface area contributed by atoms with Crippen molar-refractivity contribution in [1.82, 2.24) is 4.90 Å². The van der Waals surface area contributed by atoms with Gasteiger partial charge < -0.3 is 15.2 Å². The van der Waals surface area contributed by atoms with Crippen LogP contribution in [0.25, 0.3) is 0 Å². The minimum absolute atomic E-state index is 0.313. The molecule has 0 amide bonds. The number of nitrogen functional groups attached to an aromatic ring is 1. The second kappa shape index (κ2) is 6.07. The van der Waals surface area contributed by atoms with Crippen molar-refractivity contribution in [3.63, 3.8) is 0 Å². The molecule has 1 aromatic rings. The summed E-state index contributed by atoms with van der Waals surface area (Å²) in [5.41, 5.74) is 6.44. The van der Waals surface area contributed by atoms with Crippen molar-refractivity contribution in [3.8, 4) is 5.75 Å². The van der Waals surface area contributed by atoms with E-state index in [1.165, 1.54) is 0 Å². The lowest BCUT2D eigenvalue weighted by Gasteiger charge is -2.36. The van der Waals surface area contributed by atoms with Crippen LogP contribution in [0.4, 0.5) is 5.69 Å². The van der Waals surface area contributed by atoms with Gasteiger partial charge in [-0.25, -0.2) is 0 Å². The third kappa shape index (κ3) is 3.62. The van der Waals surface area contributed by atoms with E-state index >= 15 is 0 Å². The minimum Gasteiger partial charge on any atom is -0.492 e. The molecule has 2 N–H and O–H groups in total. The average Bonchev–Trinajstić information content (AvgIpc) is 2.34. The number of rotatable bonds is 4. The van der Waals surface area contributed by atoms with Crippen molar-refractivity contribution in [2.75, 3.05) is 32.0 Å². The zero-order chi connectivity index (χ0) is 13.0. The molecule has 0 radical (unpaired) electrons. The Morgan fingerprint density at radius 2 is 2.28 bits per heavy atom. The van der Waals surface area contributed by atoms with Crippen LogP contribution in [0, 0.1) is 0 Å². The van der Waals surface area contributed by atoms with Gasteiger partial charge in [0.15, 0.2) is 0 Å². The summed E-state index contributed by atoms with van der Waals surface area (Å²) in [4.78, 5) is 2.40. The largest absolute Gasteiger partial charge is 0.492 e. The van der Waals surface area contributed by atoms with Gasteiger partial charge in [-0.1, -0.05) is 6.07 Å². The quantitative estimate of drug-likeness (QED) is 0.827. The van der Waals surface area contributed by atoms with Gasteiger partial charge in [0, 0.05) is 30.9 Å². The molecule has 2 rings (SSSR count). The van der Waals surface area contributed by atoms with E-state index in [1.54, 1.807) is 0 Å². The van der Waals surface area contributed by atoms with E-state index in [4.69, 9.17) is 15.2 Å². The Balaban J connectivity index is 1.77. The highest BCUT2D eigenvalue weighted by Gasteiger charge is 2.22. The first-order valence-electron chi connectivity index (χ1n) is 6.49. The Kier molecular flexibility index (Phi) is 4.44. The zero-order valence-electron chi connectivity index (χ0n) is 11.1. The van der Waals surface area contributed by atoms with Crippen LogP contribution in [0.3, 0.4) is 0 Å². The number of hydrogen-bond acceptors (Lipinski definition) is 4. The van der Waals surface area contributed by atoms with Crippen LogP contribution in [0.2, 0.25) is 0 Å². The molecule has 1 aromatic carbocycles. The molecule has 0 aliphatic carbocycles. The third-order valence-electron chi connectivity index (χ3n) is 3.24. The first kappa shape index (κ1) is 13.2. The molecule has 4 heteroatoms. The van der Waals surface area contributed by atoms with E-state index in [-0.39, 0.29) is 0 Å². The lowest BCUT2D eigenvalue weighted by molar-refractivity contribution is -0.0522. The Hall–Kier alpha value is -1.26. The number of morpholine rings is 1. The fraction of sp³-hybridized carbons (Fsp3) is 0.571. The van der Waals surface area contributed by atoms with Crippen molar-refractivity contribution in [2.24, 2.45) is 0 Å². The number of benzene rings is 1. The normalized spacial score (nSPS) is 25.0. The summed E-state index contributed by atoms with van der Waals surface area (Å²) in [5.74, 6) is 0.837. The molecule has 0 aromatic heterocycles. The smallest absolute Gasteiger partial charge is 0.121 e. The molecule has 0 saturated carbocycles. The monoisotopic (exact) mass is 250 g/mol. The topological polar surface area (TPSA) is 47.7 Å². The van der Waals surface area contributed by atoms with Crippen LogP contribution >= 0.6 is 0 Å². The van der Waals surface area contributed by atoms with Gasteiger partial charge in [-0.3, -0.25) is 4.90 Å². The Morgan fingerprint density at radius 3 is 3.06 bits per heavy atom. The van der Waals surface area contributed by atoms with Gasteiger partial charge in [0.1, 0.15) is 12.4 Å². The molecule has 0 bridgehead atoms. The van der Waals surface area contributed by atoms with Crippen LogP contribution in [0.1, 0.15) is 13.8 Å². The molecule has 1 fully saturated rings. The number of nitrogens with two attached hydrogens (primary N) is 1. The summed E-state index contributed by atoms with van der Waals surface area (Å²) >= 11 is 0. The summed E-state index contributed by atoms with van der Waals surface area (Å²) in [6, 6.07) is 8.01. The minimum atomic E-state index is 0.313. The Bertz CT molecular complexity index is 384. The molecule has 2 unspecified atom stereocenters. The number of hydrogen-bond donors (Lipinski definition) is 1. The Morgan fingerprint density at radius 1 is 1.44 bits per heavy atom. The number of ether oxygens (including phenoxy) is 2. The summed E-state index contributed by atoms with van der Waals surface area (Å²) in [7, 11) is 0. The van der Waals surface area contributed by atoms with Crippen molar-refractivity contribution in [1.29, 1.82) is 0 Å². The Labute approximate surface area is 109 Å². The van der Waals surface area contributed by atoms with Crippen LogP contribution in [-0.2, 0) is 4.74 Å². The highest BCUT2D eigenvalue weighted by molar-refractivity contribution is 5.43. The van der Waals surface area contributed by atoms with E-state index in [2.05, 4.69) is 18.7 Å². The maximum absolute atomic E-state index is 5.71. The highest BCUT2D eigenvalue weighted by atomic mass is 16.5. The molecule has 4 nitrogen and oxygen atoms in total. The molecule has 18 heavy (non-hydrogen) atoms. The molecule has 1 aliphatic rings. The predicted octanol–water partition coefficient (Wildman–Crippen LogP) is 1.76. The zero-order valence-corrected chi connectivity index (χ0v) is 11.1. The molecule has 1 aliphatic heterocycles. The maximum Gasteiger partial charge on any atom is 0.121 e. The van der Waals surface area contributed by atoms with Gasteiger partial charge >= 0.3 is 0 Å². The van der Waals surface area contributed by atoms with Gasteiger partial charge in [0.2, 0.25) is 0 Å². The van der Waals surface area contributed by atoms with Gasteiger partial charge in [0.05, 0.1) is 12.7 Å². The molecule has 0 spiro atoms. The van der Waals surface area contributed by atoms with E-state index in [0.29, 0.717) is 18.8 Å². The van der Waals surface area contributed by atoms with Gasteiger partial charge in [-0.2, -0.15) is 0 Å². The number of nitrogens with zero attached hydrogens (tertiary/aromatic N) is 1. The molecular weight excluding hydrogens is 228 g/mol. The lowest BCUT2D eigenvalue weighted by Crippen LogP contribution is -2.48. The molecular formula is C14H22N2O2. The van der Waals surface area contributed by atoms with E-state index < -0.39 is 0 Å². The second-order valence-corrected chi connectivity index (χ2v) is 4.91. The fourth-order valence-electron chi connectivity index (χ4n) is 2.17. The van der Waals surface area contributed by atoms with Crippen LogP contribution in [0.15, 0.2) is 24.3 Å². The number of anilines is 1. The van der Waals surface area contributed by atoms with Crippen LogP contribution < -0.4 is 10.5 Å². The van der Waals surface area contributed by atoms with Crippen LogP contribution in [0.5, 0.6) is 5.75 Å². The first-order chi connectivity index (χ1) is 8.65. The fourth-order valence-corrected chi connectivity index (χ4v) is 2.17. The lowest BCUT2D eigenvalue weighted by atomic mass is 10.2. The summed E-state index contributed by atoms with van der Waals surface area (Å²) < 4.78 is 11.3. The van der Waals surface area contributed by atoms with Crippen molar-refractivity contribution in [3.05, 3.63) is 24.3 Å². The third-order valence-corrected chi connectivity index (χ3v) is 3.24. The first-order valence-corrected chi connectivity index (χ1v) is 6.49. The maximum atomic E-state index is 5.71. The molecule has 2 atom stereocenters. The van der Waals surface area contributed by atoms with Crippen molar-refractivity contribution < 1.29 is 9.47 Å². The van der Waals surface area contributed by atoms with Crippen molar-refractivity contribution in [2.45, 2.75) is 26.0 Å². The standard InChI is InChI=1S/C14H22N2O2/c1-11-10-18-12(2)9-16(11)6-7-17-14-5-3-4-13(15)8-14/h3-5,8,11-12H,6-7,9-10,15H2,1-2H3. The van der Waals surface area contributed by atoms with E-state index in [0.717, 1.165) is 31.1 Å². The van der Waals surface area contributed by atoms with Gasteiger partial charge in [0.25, 0.3) is 0 Å². The summed E-state index contributed by atoms with van der Waals surface area (Å²) in [5, 5.41) is 0. The summed E-state index contributed by atoms with van der Waals surface area (Å²) in [6.45, 7) is 7.68. The molecule has 1 saturated heterocycles. The molecule has 100 valence electrons. The van der Waals surface area contributed by atoms with E-state index in [9.17, 15) is 0 Å². The average molecular weight is 250 g/mol.